The number of benzene rings is 2. The third kappa shape index (κ3) is 9.08. The monoisotopic (exact) mass is 841 g/mol. The first-order chi connectivity index (χ1) is 20.5. The summed E-state index contributed by atoms with van der Waals surface area (Å²) < 4.78 is 51.3. The molecule has 2 aromatic heterocycles. The number of sulfone groups is 2. The van der Waals surface area contributed by atoms with E-state index in [0.717, 1.165) is 0 Å². The third-order valence-corrected chi connectivity index (χ3v) is 8.76. The number of aromatic carboxylic acids is 1. The van der Waals surface area contributed by atoms with Crippen molar-refractivity contribution in [2.24, 2.45) is 0 Å². The van der Waals surface area contributed by atoms with E-state index in [9.17, 15) is 26.4 Å². The minimum atomic E-state index is -3.33. The van der Waals surface area contributed by atoms with Crippen molar-refractivity contribution < 1.29 is 62.6 Å². The van der Waals surface area contributed by atoms with Crippen molar-refractivity contribution in [3.63, 3.8) is 0 Å². The molecule has 2 aromatic carbocycles. The number of ketones is 1. The van der Waals surface area contributed by atoms with Crippen LogP contribution in [0.3, 0.4) is 0 Å². The number of aromatic nitrogens is 2. The molecule has 43 heavy (non-hydrogen) atoms. The van der Waals surface area contributed by atoms with Gasteiger partial charge in [0.05, 0.1) is 15.4 Å². The van der Waals surface area contributed by atoms with Crippen molar-refractivity contribution in [2.45, 2.75) is 16.2 Å². The van der Waals surface area contributed by atoms with E-state index in [1.165, 1.54) is 41.5 Å². The van der Waals surface area contributed by atoms with Crippen molar-refractivity contribution >= 4 is 57.6 Å². The first-order valence-corrected chi connectivity index (χ1v) is 15.0. The van der Waals surface area contributed by atoms with Crippen molar-refractivity contribution in [3.05, 3.63) is 124 Å². The number of nitrogens with zero attached hydrogens (tertiary/aromatic N) is 2. The van der Waals surface area contributed by atoms with Gasteiger partial charge in [0, 0.05) is 92.8 Å². The summed E-state index contributed by atoms with van der Waals surface area (Å²) in [6.45, 7) is 0. The molecule has 0 saturated carbocycles. The molecular formula is C29H24BN3O7S2U. The summed E-state index contributed by atoms with van der Waals surface area (Å²) in [7, 11) is -2.77. The second-order valence-corrected chi connectivity index (χ2v) is 12.4. The molecular weight excluding hydrogens is 815 g/mol. The summed E-state index contributed by atoms with van der Waals surface area (Å²) in [6, 6.07) is 16.4. The summed E-state index contributed by atoms with van der Waals surface area (Å²) in [6.07, 6.45) is 9.25. The first kappa shape index (κ1) is 33.7. The maximum atomic E-state index is 12.1. The Morgan fingerprint density at radius 1 is 0.791 bits per heavy atom. The fourth-order valence-corrected chi connectivity index (χ4v) is 6.27. The van der Waals surface area contributed by atoms with Crippen LogP contribution in [0.15, 0.2) is 106 Å². The van der Waals surface area contributed by atoms with Crippen LogP contribution in [0.2, 0.25) is 0 Å². The normalized spacial score (nSPS) is 13.9. The van der Waals surface area contributed by atoms with Crippen LogP contribution in [-0.2, 0) is 26.1 Å². The van der Waals surface area contributed by atoms with E-state index in [4.69, 9.17) is 12.2 Å². The summed E-state index contributed by atoms with van der Waals surface area (Å²) in [5, 5.41) is 10.7. The molecule has 216 valence electrons. The van der Waals surface area contributed by atoms with Crippen LogP contribution >= 0.6 is 0 Å². The molecule has 2 radical (unpaired) electrons. The van der Waals surface area contributed by atoms with Gasteiger partial charge in [-0.1, -0.05) is 18.2 Å². The Hall–Kier alpha value is -3.82. The van der Waals surface area contributed by atoms with Crippen LogP contribution in [0.1, 0.15) is 37.4 Å². The van der Waals surface area contributed by atoms with E-state index in [1.807, 2.05) is 0 Å². The number of hydrogen-bond acceptors (Lipinski definition) is 9. The minimum Gasteiger partial charge on any atom is -0.478 e. The van der Waals surface area contributed by atoms with Gasteiger partial charge in [0.15, 0.2) is 15.6 Å². The number of Topliss-reactive ketones (excluding diaryl/α,β-unsaturated/α-hetero) is 1. The summed E-state index contributed by atoms with van der Waals surface area (Å²) in [5.41, 5.74) is 8.74. The van der Waals surface area contributed by atoms with Crippen LogP contribution in [0.5, 0.6) is 0 Å². The second kappa shape index (κ2) is 15.1. The van der Waals surface area contributed by atoms with Gasteiger partial charge in [-0.25, -0.2) is 21.6 Å². The maximum absolute atomic E-state index is 12.1. The molecule has 6 rings (SSSR count). The van der Waals surface area contributed by atoms with Gasteiger partial charge >= 0.3 is 5.97 Å². The molecule has 2 aliphatic heterocycles. The van der Waals surface area contributed by atoms with E-state index in [0.29, 0.717) is 32.8 Å². The average Bonchev–Trinajstić information content (AvgIpc) is 3.49. The Morgan fingerprint density at radius 3 is 1.79 bits per heavy atom. The molecule has 2 aliphatic rings. The van der Waals surface area contributed by atoms with E-state index in [1.54, 1.807) is 66.9 Å². The van der Waals surface area contributed by atoms with Crippen LogP contribution in [0.25, 0.3) is 12.2 Å². The number of anilines is 1. The van der Waals surface area contributed by atoms with E-state index < -0.39 is 25.6 Å². The number of fused-ring (bicyclic) bond motifs is 2. The summed E-state index contributed by atoms with van der Waals surface area (Å²) in [4.78, 5) is 30.3. The minimum absolute atomic E-state index is 0. The van der Waals surface area contributed by atoms with E-state index in [2.05, 4.69) is 18.3 Å². The molecule has 14 heteroatoms. The van der Waals surface area contributed by atoms with Crippen LogP contribution in [-0.4, -0.2) is 53.4 Å². The number of carbonyl (C=O) groups excluding carboxylic acids is 1. The van der Waals surface area contributed by atoms with Gasteiger partial charge in [-0.05, 0) is 72.6 Å². The summed E-state index contributed by atoms with van der Waals surface area (Å²) in [5.74, 6) is -1.02. The van der Waals surface area contributed by atoms with Crippen molar-refractivity contribution in [2.75, 3.05) is 5.73 Å². The van der Waals surface area contributed by atoms with Crippen LogP contribution < -0.4 is 5.73 Å². The molecule has 0 bridgehead atoms. The second-order valence-electron chi connectivity index (χ2n) is 8.75. The molecule has 0 unspecified atom stereocenters. The molecule has 4 aromatic rings. The Balaban J connectivity index is 0.000000241. The average molecular weight is 842 g/mol. The smallest absolute Gasteiger partial charge is 0.337 e. The van der Waals surface area contributed by atoms with Gasteiger partial charge < -0.3 is 10.8 Å². The quantitative estimate of drug-likeness (QED) is 0.176. The number of nitrogens with two attached hydrogens (primary N) is 1. The molecule has 0 saturated heterocycles. The number of carboxylic acids is 1. The van der Waals surface area contributed by atoms with E-state index in [-0.39, 0.29) is 53.8 Å². The van der Waals surface area contributed by atoms with Gasteiger partial charge in [0.1, 0.15) is 0 Å². The maximum Gasteiger partial charge on any atom is 0.337 e. The van der Waals surface area contributed by atoms with Gasteiger partial charge in [-0.2, -0.15) is 0 Å². The number of pyridine rings is 2. The van der Waals surface area contributed by atoms with E-state index >= 15 is 0 Å². The predicted octanol–water partition coefficient (Wildman–Crippen LogP) is 3.42. The molecule has 0 fully saturated rings. The third-order valence-electron chi connectivity index (χ3n) is 5.84. The Bertz CT molecular complexity index is 1910. The number of nitrogen functional groups attached to an aromatic ring is 1. The van der Waals surface area contributed by atoms with Crippen LogP contribution in [0.4, 0.5) is 5.69 Å². The van der Waals surface area contributed by atoms with Crippen LogP contribution in [0, 0.1) is 31.1 Å². The first-order valence-electron chi connectivity index (χ1n) is 12.5. The largest absolute Gasteiger partial charge is 0.478 e. The number of carboxylic acid groups (broad SMARTS) is 1. The number of rotatable bonds is 4. The van der Waals surface area contributed by atoms with Crippen molar-refractivity contribution in [1.82, 2.24) is 9.97 Å². The zero-order valence-electron chi connectivity index (χ0n) is 23.4. The molecule has 0 atom stereocenters. The Kier molecular flexibility index (Phi) is 11.8. The molecule has 0 spiro atoms. The molecule has 4 heterocycles. The Labute approximate surface area is 275 Å². The standard InChI is InChI=1S/C15H11NO3S.C8H7NO2S.C6H5NO2.BH.U/c17-14(13-2-1-6-16-10-13)8-11-3-4-12-5-7-20(18,19)15(12)9-11;9-7-2-1-6-3-4-12(10,11)8(6)5-7;8-6(9)5-2-1-3-7-4-5;;/h1-7,9-10H,8H2;1-5H,9H2;1-4H,(H,8,9);1H;/i;;;1T;. The van der Waals surface area contributed by atoms with Gasteiger partial charge in [-0.15, -0.1) is 0 Å². The Morgan fingerprint density at radius 2 is 1.30 bits per heavy atom. The number of hydrogen-bond donors (Lipinski definition) is 2. The zero-order chi connectivity index (χ0) is 31.6. The fourth-order valence-electron chi connectivity index (χ4n) is 3.78. The molecule has 0 amide bonds. The van der Waals surface area contributed by atoms with Crippen molar-refractivity contribution in [1.29, 1.82) is 1.34 Å². The zero-order valence-corrected chi connectivity index (χ0v) is 28.2. The van der Waals surface area contributed by atoms with Gasteiger partial charge in [-0.3, -0.25) is 14.8 Å². The predicted molar refractivity (Wildman–Crippen MR) is 160 cm³/mol. The van der Waals surface area contributed by atoms with Gasteiger partial charge in [0.2, 0.25) is 9.84 Å². The fraction of sp³-hybridized carbons (Fsp3) is 0.0345. The van der Waals surface area contributed by atoms with Gasteiger partial charge in [0.25, 0.3) is 0 Å². The summed E-state index contributed by atoms with van der Waals surface area (Å²) >= 11 is 0. The topological polar surface area (TPSA) is 174 Å². The molecule has 3 N–H and O–H groups in total. The molecule has 10 nitrogen and oxygen atoms in total. The van der Waals surface area contributed by atoms with Crippen molar-refractivity contribution in [3.8, 4) is 0 Å². The molecule has 0 aliphatic carbocycles. The SMILES string of the molecule is Nc1ccc2c(c1)S(=O)(=O)C=C2.O=C(Cc1ccc2c(c1)S(=O)(=O)C=C2)c1cccnc1.O=C(O)c1cccnc1.[3H][B].[U]. The number of carbonyl (C=O) groups is 2.